The molecule has 3 aromatic rings. The van der Waals surface area contributed by atoms with Crippen LogP contribution in [0.5, 0.6) is 0 Å². The molecule has 1 amide bonds. The highest BCUT2D eigenvalue weighted by Gasteiger charge is 2.30. The predicted octanol–water partition coefficient (Wildman–Crippen LogP) is 2.60. The molecule has 0 bridgehead atoms. The van der Waals surface area contributed by atoms with Crippen molar-refractivity contribution in [3.63, 3.8) is 0 Å². The lowest BCUT2D eigenvalue weighted by atomic mass is 10.2. The van der Waals surface area contributed by atoms with Gasteiger partial charge in [-0.15, -0.1) is 16.4 Å². The van der Waals surface area contributed by atoms with Crippen molar-refractivity contribution in [2.24, 2.45) is 0 Å². The number of nitrogens with two attached hydrogens (primary N) is 1. The number of carbonyl (C=O) groups is 1. The van der Waals surface area contributed by atoms with Crippen LogP contribution < -0.4 is 5.73 Å². The minimum Gasteiger partial charge on any atom is -0.396 e. The number of likely N-dealkylation sites (tertiary alicyclic amines) is 1. The van der Waals surface area contributed by atoms with Crippen LogP contribution in [0.25, 0.3) is 16.3 Å². The molecule has 0 saturated carbocycles. The quantitative estimate of drug-likeness (QED) is 0.762. The summed E-state index contributed by atoms with van der Waals surface area (Å²) in [4.78, 5) is 21.5. The fraction of sp³-hybridized carbons (Fsp3) is 0.389. The number of thiophene rings is 1. The Kier molecular flexibility index (Phi) is 4.37. The third-order valence-electron chi connectivity index (χ3n) is 4.67. The summed E-state index contributed by atoms with van der Waals surface area (Å²) in [6, 6.07) is 5.84. The van der Waals surface area contributed by atoms with Crippen molar-refractivity contribution in [2.75, 3.05) is 26.0 Å². The Morgan fingerprint density at radius 3 is 3.04 bits per heavy atom. The summed E-state index contributed by atoms with van der Waals surface area (Å²) < 4.78 is 6.85. The first-order chi connectivity index (χ1) is 12.6. The molecule has 0 radical (unpaired) electrons. The number of amides is 1. The number of pyridine rings is 1. The summed E-state index contributed by atoms with van der Waals surface area (Å²) in [6.45, 7) is 3.33. The molecular formula is C18H21N5O2S. The number of hydrogen-bond acceptors (Lipinski definition) is 6. The Labute approximate surface area is 155 Å². The number of nitrogen functional groups attached to an aromatic ring is 1. The maximum Gasteiger partial charge on any atom is 0.255 e. The number of aryl methyl sites for hydroxylation is 1. The van der Waals surface area contributed by atoms with Crippen LogP contribution in [0.15, 0.2) is 24.4 Å². The first kappa shape index (κ1) is 17.0. The summed E-state index contributed by atoms with van der Waals surface area (Å²) in [6.07, 6.45) is 3.67. The molecule has 0 spiro atoms. The van der Waals surface area contributed by atoms with Crippen molar-refractivity contribution in [3.05, 3.63) is 34.8 Å². The second-order valence-electron chi connectivity index (χ2n) is 6.55. The molecule has 3 aromatic heterocycles. The molecular weight excluding hydrogens is 350 g/mol. The van der Waals surface area contributed by atoms with Gasteiger partial charge in [-0.25, -0.2) is 9.50 Å². The number of methoxy groups -OCH3 is 1. The lowest BCUT2D eigenvalue weighted by Crippen LogP contribution is -2.38. The second kappa shape index (κ2) is 6.69. The van der Waals surface area contributed by atoms with Gasteiger partial charge < -0.3 is 15.4 Å². The van der Waals surface area contributed by atoms with Crippen LogP contribution in [0.2, 0.25) is 0 Å². The average molecular weight is 371 g/mol. The molecule has 8 heteroatoms. The lowest BCUT2D eigenvalue weighted by molar-refractivity contribution is 0.0630. The topological polar surface area (TPSA) is 85.8 Å². The van der Waals surface area contributed by atoms with Crippen molar-refractivity contribution >= 4 is 28.6 Å². The number of nitrogens with zero attached hydrogens (tertiary/aromatic N) is 4. The van der Waals surface area contributed by atoms with E-state index in [0.717, 1.165) is 24.3 Å². The molecule has 26 heavy (non-hydrogen) atoms. The van der Waals surface area contributed by atoms with E-state index < -0.39 is 0 Å². The molecule has 0 aliphatic carbocycles. The number of carbonyl (C=O) groups excluding carboxylic acids is 1. The predicted molar refractivity (Wildman–Crippen MR) is 101 cm³/mol. The Morgan fingerprint density at radius 1 is 1.46 bits per heavy atom. The van der Waals surface area contributed by atoms with E-state index >= 15 is 0 Å². The number of ether oxygens (including phenoxy) is 1. The summed E-state index contributed by atoms with van der Waals surface area (Å²) >= 11 is 1.63. The maximum absolute atomic E-state index is 13.0. The van der Waals surface area contributed by atoms with E-state index in [-0.39, 0.29) is 11.9 Å². The minimum absolute atomic E-state index is 0.0397. The molecule has 2 N–H and O–H groups in total. The smallest absolute Gasteiger partial charge is 0.255 e. The fourth-order valence-electron chi connectivity index (χ4n) is 3.42. The van der Waals surface area contributed by atoms with E-state index in [4.69, 9.17) is 10.5 Å². The van der Waals surface area contributed by atoms with Gasteiger partial charge in [-0.05, 0) is 38.0 Å². The molecule has 4 rings (SSSR count). The lowest BCUT2D eigenvalue weighted by Gasteiger charge is -2.24. The highest BCUT2D eigenvalue weighted by Crippen LogP contribution is 2.27. The van der Waals surface area contributed by atoms with E-state index in [0.29, 0.717) is 29.3 Å². The number of aromatic nitrogens is 3. The van der Waals surface area contributed by atoms with E-state index in [9.17, 15) is 4.79 Å². The Balaban J connectivity index is 1.69. The first-order valence-corrected chi connectivity index (χ1v) is 9.41. The summed E-state index contributed by atoms with van der Waals surface area (Å²) in [5, 5.41) is 4.52. The average Bonchev–Trinajstić information content (AvgIpc) is 3.33. The van der Waals surface area contributed by atoms with E-state index in [1.165, 1.54) is 4.88 Å². The van der Waals surface area contributed by atoms with Crippen LogP contribution in [-0.2, 0) is 4.74 Å². The first-order valence-electron chi connectivity index (χ1n) is 8.59. The monoisotopic (exact) mass is 371 g/mol. The van der Waals surface area contributed by atoms with Gasteiger partial charge in [-0.1, -0.05) is 0 Å². The maximum atomic E-state index is 13.0. The zero-order chi connectivity index (χ0) is 18.3. The molecule has 1 atom stereocenters. The Morgan fingerprint density at radius 2 is 2.31 bits per heavy atom. The van der Waals surface area contributed by atoms with Crippen LogP contribution in [0.3, 0.4) is 0 Å². The van der Waals surface area contributed by atoms with Crippen LogP contribution in [0.1, 0.15) is 28.1 Å². The highest BCUT2D eigenvalue weighted by atomic mass is 32.1. The van der Waals surface area contributed by atoms with Gasteiger partial charge in [0.25, 0.3) is 5.91 Å². The Bertz CT molecular complexity index is 964. The summed E-state index contributed by atoms with van der Waals surface area (Å²) in [7, 11) is 1.66. The van der Waals surface area contributed by atoms with Crippen LogP contribution in [0, 0.1) is 6.92 Å². The standard InChI is InChI=1S/C18H21N5O2S/c1-11-5-6-15(26-11)16-20-17-14(19)8-12(9-23(17)21-16)18(24)22-7-3-4-13(22)10-25-2/h5-6,8-9,13H,3-4,7,10,19H2,1-2H3/t13-/m1/s1. The van der Waals surface area contributed by atoms with Crippen molar-refractivity contribution in [1.29, 1.82) is 0 Å². The van der Waals surface area contributed by atoms with Gasteiger partial charge in [0, 0.05) is 24.7 Å². The summed E-state index contributed by atoms with van der Waals surface area (Å²) in [5.41, 5.74) is 7.71. The van der Waals surface area contributed by atoms with Crippen LogP contribution in [-0.4, -0.2) is 51.7 Å². The molecule has 136 valence electrons. The third kappa shape index (κ3) is 2.95. The molecule has 1 aliphatic heterocycles. The molecule has 1 aliphatic rings. The van der Waals surface area contributed by atoms with Gasteiger partial charge in [0.1, 0.15) is 0 Å². The van der Waals surface area contributed by atoms with E-state index in [1.807, 2.05) is 24.0 Å². The van der Waals surface area contributed by atoms with Gasteiger partial charge in [0.05, 0.1) is 28.8 Å². The summed E-state index contributed by atoms with van der Waals surface area (Å²) in [5.74, 6) is 0.583. The zero-order valence-electron chi connectivity index (χ0n) is 14.8. The minimum atomic E-state index is -0.0397. The molecule has 1 fully saturated rings. The van der Waals surface area contributed by atoms with E-state index in [2.05, 4.69) is 10.1 Å². The number of anilines is 1. The second-order valence-corrected chi connectivity index (χ2v) is 7.84. The number of rotatable bonds is 4. The largest absolute Gasteiger partial charge is 0.396 e. The van der Waals surface area contributed by atoms with Crippen molar-refractivity contribution < 1.29 is 9.53 Å². The zero-order valence-corrected chi connectivity index (χ0v) is 15.6. The van der Waals surface area contributed by atoms with Gasteiger partial charge in [0.2, 0.25) is 0 Å². The molecule has 0 unspecified atom stereocenters. The van der Waals surface area contributed by atoms with Crippen LogP contribution >= 0.6 is 11.3 Å². The molecule has 1 saturated heterocycles. The molecule has 7 nitrogen and oxygen atoms in total. The van der Waals surface area contributed by atoms with Crippen molar-refractivity contribution in [2.45, 2.75) is 25.8 Å². The number of hydrogen-bond donors (Lipinski definition) is 1. The molecule has 0 aromatic carbocycles. The highest BCUT2D eigenvalue weighted by molar-refractivity contribution is 7.15. The molecule has 4 heterocycles. The SMILES string of the molecule is COC[C@H]1CCCN1C(=O)c1cc(N)c2nc(-c3ccc(C)s3)nn2c1. The number of fused-ring (bicyclic) bond motifs is 1. The Hall–Kier alpha value is -2.45. The fourth-order valence-corrected chi connectivity index (χ4v) is 4.22. The van der Waals surface area contributed by atoms with Gasteiger partial charge in [-0.3, -0.25) is 4.79 Å². The van der Waals surface area contributed by atoms with Crippen molar-refractivity contribution in [1.82, 2.24) is 19.5 Å². The van der Waals surface area contributed by atoms with Gasteiger partial charge in [0.15, 0.2) is 11.5 Å². The van der Waals surface area contributed by atoms with Gasteiger partial charge >= 0.3 is 0 Å². The third-order valence-corrected chi connectivity index (χ3v) is 5.66. The van der Waals surface area contributed by atoms with Gasteiger partial charge in [-0.2, -0.15) is 0 Å². The van der Waals surface area contributed by atoms with Crippen LogP contribution in [0.4, 0.5) is 5.69 Å². The normalized spacial score (nSPS) is 17.3. The van der Waals surface area contributed by atoms with Crippen molar-refractivity contribution in [3.8, 4) is 10.7 Å². The van der Waals surface area contributed by atoms with E-state index in [1.54, 1.807) is 35.2 Å².